The van der Waals surface area contributed by atoms with Crippen LogP contribution in [-0.2, 0) is 13.6 Å². The fourth-order valence-electron chi connectivity index (χ4n) is 2.86. The Kier molecular flexibility index (Phi) is 2.60. The summed E-state index contributed by atoms with van der Waals surface area (Å²) < 4.78 is 3.50. The molecule has 0 aliphatic heterocycles. The zero-order valence-electron chi connectivity index (χ0n) is 12.0. The number of aryl methyl sites for hydroxylation is 1. The van der Waals surface area contributed by atoms with Crippen LogP contribution in [0.3, 0.4) is 0 Å². The van der Waals surface area contributed by atoms with Crippen molar-refractivity contribution in [2.24, 2.45) is 13.0 Å². The summed E-state index contributed by atoms with van der Waals surface area (Å²) in [5.41, 5.74) is 1.46. The monoisotopic (exact) mass is 298 g/mol. The molecule has 7 heteroatoms. The third-order valence-corrected chi connectivity index (χ3v) is 4.20. The van der Waals surface area contributed by atoms with Gasteiger partial charge in [0.15, 0.2) is 0 Å². The van der Waals surface area contributed by atoms with E-state index in [1.807, 2.05) is 4.57 Å². The number of hydrogen-bond acceptors (Lipinski definition) is 4. The van der Waals surface area contributed by atoms with E-state index in [0.29, 0.717) is 28.9 Å². The molecule has 3 aromatic rings. The summed E-state index contributed by atoms with van der Waals surface area (Å²) in [7, 11) is 1.79. The van der Waals surface area contributed by atoms with Crippen LogP contribution in [0.2, 0.25) is 0 Å². The summed E-state index contributed by atoms with van der Waals surface area (Å²) in [6.07, 6.45) is 3.71. The van der Waals surface area contributed by atoms with Crippen LogP contribution in [0.4, 0.5) is 0 Å². The van der Waals surface area contributed by atoms with Gasteiger partial charge in [-0.3, -0.25) is 4.79 Å². The van der Waals surface area contributed by atoms with E-state index >= 15 is 0 Å². The van der Waals surface area contributed by atoms with Crippen LogP contribution in [0.5, 0.6) is 0 Å². The lowest BCUT2D eigenvalue weighted by atomic mass is 10.1. The van der Waals surface area contributed by atoms with Crippen molar-refractivity contribution >= 4 is 27.9 Å². The summed E-state index contributed by atoms with van der Waals surface area (Å²) in [6, 6.07) is 3.42. The van der Waals surface area contributed by atoms with Gasteiger partial charge in [0, 0.05) is 25.2 Å². The van der Waals surface area contributed by atoms with Crippen molar-refractivity contribution in [2.45, 2.75) is 19.4 Å². The summed E-state index contributed by atoms with van der Waals surface area (Å²) in [5, 5.41) is 17.8. The highest BCUT2D eigenvalue weighted by Gasteiger charge is 2.25. The van der Waals surface area contributed by atoms with Gasteiger partial charge in [-0.05, 0) is 30.9 Å². The second-order valence-electron chi connectivity index (χ2n) is 5.82. The molecule has 1 saturated carbocycles. The molecule has 0 spiro atoms. The molecule has 2 heterocycles. The Morgan fingerprint density at radius 1 is 1.41 bits per heavy atom. The Morgan fingerprint density at radius 2 is 2.18 bits per heavy atom. The van der Waals surface area contributed by atoms with E-state index in [1.54, 1.807) is 23.9 Å². The highest BCUT2D eigenvalue weighted by Crippen LogP contribution is 2.32. The van der Waals surface area contributed by atoms with Crippen molar-refractivity contribution in [3.05, 3.63) is 34.1 Å². The van der Waals surface area contributed by atoms with Crippen LogP contribution in [0.25, 0.3) is 21.9 Å². The number of aromatic carboxylic acids is 1. The van der Waals surface area contributed by atoms with Crippen LogP contribution in [0.1, 0.15) is 23.2 Å². The van der Waals surface area contributed by atoms with Gasteiger partial charge in [-0.2, -0.15) is 0 Å². The van der Waals surface area contributed by atoms with Crippen LogP contribution >= 0.6 is 0 Å². The molecule has 1 aliphatic carbocycles. The van der Waals surface area contributed by atoms with Crippen LogP contribution in [0, 0.1) is 5.92 Å². The highest BCUT2D eigenvalue weighted by molar-refractivity contribution is 6.03. The molecule has 112 valence electrons. The average molecular weight is 298 g/mol. The van der Waals surface area contributed by atoms with Gasteiger partial charge in [-0.25, -0.2) is 9.48 Å². The van der Waals surface area contributed by atoms with Crippen molar-refractivity contribution in [3.63, 3.8) is 0 Å². The molecule has 1 aliphatic rings. The number of hydrogen-bond donors (Lipinski definition) is 1. The number of pyridine rings is 1. The molecule has 0 atom stereocenters. The third-order valence-electron chi connectivity index (χ3n) is 4.20. The van der Waals surface area contributed by atoms with Gasteiger partial charge >= 0.3 is 5.97 Å². The van der Waals surface area contributed by atoms with Gasteiger partial charge in [0.05, 0.1) is 11.0 Å². The smallest absolute Gasteiger partial charge is 0.341 e. The first-order chi connectivity index (χ1) is 10.6. The molecule has 0 saturated heterocycles. The quantitative estimate of drug-likeness (QED) is 0.789. The molecule has 7 nitrogen and oxygen atoms in total. The lowest BCUT2D eigenvalue weighted by Gasteiger charge is -2.12. The van der Waals surface area contributed by atoms with E-state index in [4.69, 9.17) is 0 Å². The number of carbonyl (C=O) groups is 1. The number of carboxylic acids is 1. The zero-order chi connectivity index (χ0) is 15.4. The van der Waals surface area contributed by atoms with Crippen molar-refractivity contribution in [1.29, 1.82) is 0 Å². The number of aromatic nitrogens is 4. The van der Waals surface area contributed by atoms with Crippen LogP contribution in [0.15, 0.2) is 23.1 Å². The van der Waals surface area contributed by atoms with Crippen LogP contribution in [-0.4, -0.2) is 30.6 Å². The van der Waals surface area contributed by atoms with Crippen LogP contribution < -0.4 is 5.43 Å². The van der Waals surface area contributed by atoms with Crippen molar-refractivity contribution in [1.82, 2.24) is 19.6 Å². The standard InChI is InChI=1S/C15H14N4O3/c1-18-11-5-4-9-13(12(11)16-17-18)19(6-8-2-3-8)7-10(14(9)20)15(21)22/h4-5,7-8H,2-3,6H2,1H3,(H,21,22). The first-order valence-corrected chi connectivity index (χ1v) is 7.15. The molecule has 0 bridgehead atoms. The zero-order valence-corrected chi connectivity index (χ0v) is 12.0. The molecule has 1 fully saturated rings. The van der Waals surface area contributed by atoms with Gasteiger partial charge < -0.3 is 9.67 Å². The van der Waals surface area contributed by atoms with Crippen molar-refractivity contribution in [3.8, 4) is 0 Å². The second-order valence-corrected chi connectivity index (χ2v) is 5.82. The molecular formula is C15H14N4O3. The fourth-order valence-corrected chi connectivity index (χ4v) is 2.86. The first kappa shape index (κ1) is 13.0. The summed E-state index contributed by atoms with van der Waals surface area (Å²) in [4.78, 5) is 23.8. The average Bonchev–Trinajstić information content (AvgIpc) is 3.23. The molecule has 1 N–H and O–H groups in total. The van der Waals surface area contributed by atoms with Gasteiger partial charge in [-0.15, -0.1) is 5.10 Å². The first-order valence-electron chi connectivity index (χ1n) is 7.15. The molecular weight excluding hydrogens is 284 g/mol. The van der Waals surface area contributed by atoms with Gasteiger partial charge in [0.25, 0.3) is 0 Å². The number of rotatable bonds is 3. The van der Waals surface area contributed by atoms with Crippen molar-refractivity contribution in [2.75, 3.05) is 0 Å². The van der Waals surface area contributed by atoms with E-state index in [0.717, 1.165) is 18.4 Å². The number of benzene rings is 1. The Balaban J connectivity index is 2.14. The summed E-state index contributed by atoms with van der Waals surface area (Å²) in [5.74, 6) is -0.657. The Bertz CT molecular complexity index is 982. The second kappa shape index (κ2) is 4.40. The fraction of sp³-hybridized carbons (Fsp3) is 0.333. The largest absolute Gasteiger partial charge is 0.477 e. The normalized spacial score (nSPS) is 14.8. The molecule has 2 aromatic heterocycles. The molecule has 0 unspecified atom stereocenters. The number of carboxylic acid groups (broad SMARTS) is 1. The van der Waals surface area contributed by atoms with E-state index in [2.05, 4.69) is 10.3 Å². The maximum absolute atomic E-state index is 12.4. The summed E-state index contributed by atoms with van der Waals surface area (Å²) in [6.45, 7) is 0.701. The molecule has 1 aromatic carbocycles. The van der Waals surface area contributed by atoms with Gasteiger partial charge in [-0.1, -0.05) is 5.21 Å². The molecule has 0 amide bonds. The predicted molar refractivity (Wildman–Crippen MR) is 80.0 cm³/mol. The summed E-state index contributed by atoms with van der Waals surface area (Å²) >= 11 is 0. The van der Waals surface area contributed by atoms with Gasteiger partial charge in [0.2, 0.25) is 5.43 Å². The van der Waals surface area contributed by atoms with Crippen molar-refractivity contribution < 1.29 is 9.90 Å². The Morgan fingerprint density at radius 3 is 2.86 bits per heavy atom. The number of fused-ring (bicyclic) bond motifs is 3. The molecule has 4 rings (SSSR count). The highest BCUT2D eigenvalue weighted by atomic mass is 16.4. The number of nitrogens with zero attached hydrogens (tertiary/aromatic N) is 4. The Labute approximate surface area is 124 Å². The Hall–Kier alpha value is -2.70. The van der Waals surface area contributed by atoms with E-state index in [1.165, 1.54) is 6.20 Å². The van der Waals surface area contributed by atoms with E-state index in [-0.39, 0.29) is 5.56 Å². The lowest BCUT2D eigenvalue weighted by molar-refractivity contribution is 0.0695. The minimum Gasteiger partial charge on any atom is -0.477 e. The maximum atomic E-state index is 12.4. The maximum Gasteiger partial charge on any atom is 0.341 e. The topological polar surface area (TPSA) is 90.0 Å². The minimum absolute atomic E-state index is 0.198. The van der Waals surface area contributed by atoms with E-state index < -0.39 is 11.4 Å². The SMILES string of the molecule is Cn1nnc2c3c(ccc21)c(=O)c(C(=O)O)cn3CC1CC1. The van der Waals surface area contributed by atoms with E-state index in [9.17, 15) is 14.7 Å². The van der Waals surface area contributed by atoms with Gasteiger partial charge in [0.1, 0.15) is 11.1 Å². The third kappa shape index (κ3) is 1.82. The predicted octanol–water partition coefficient (Wildman–Crippen LogP) is 1.39. The molecule has 22 heavy (non-hydrogen) atoms. The molecule has 0 radical (unpaired) electrons. The minimum atomic E-state index is -1.20. The lowest BCUT2D eigenvalue weighted by Crippen LogP contribution is -2.19.